The molecule has 7 nitrogen and oxygen atoms in total. The van der Waals surface area contributed by atoms with Crippen molar-refractivity contribution in [2.75, 3.05) is 0 Å². The molecule has 1 N–H and O–H groups in total. The van der Waals surface area contributed by atoms with Crippen LogP contribution in [-0.4, -0.2) is 26.6 Å². The number of aromatic nitrogens is 2. The third-order valence-corrected chi connectivity index (χ3v) is 6.26. The number of hydrogen-bond acceptors (Lipinski definition) is 4. The van der Waals surface area contributed by atoms with E-state index in [1.165, 1.54) is 27.3 Å². The second-order valence-electron chi connectivity index (χ2n) is 8.34. The Hall–Kier alpha value is -3.56. The zero-order valence-corrected chi connectivity index (χ0v) is 18.8. The molecule has 1 aliphatic rings. The smallest absolute Gasteiger partial charge is 0.481 e. The van der Waals surface area contributed by atoms with Crippen LogP contribution in [0.3, 0.4) is 0 Å². The van der Waals surface area contributed by atoms with E-state index in [9.17, 15) is 32.7 Å². The summed E-state index contributed by atoms with van der Waals surface area (Å²) in [6, 6.07) is 7.42. The second kappa shape index (κ2) is 8.34. The predicted molar refractivity (Wildman–Crippen MR) is 119 cm³/mol. The lowest BCUT2D eigenvalue weighted by atomic mass is 9.95. The zero-order chi connectivity index (χ0) is 24.9. The minimum Gasteiger partial charge on any atom is -0.481 e. The zero-order valence-electron chi connectivity index (χ0n) is 18.8. The van der Waals surface area contributed by atoms with E-state index in [-0.39, 0.29) is 24.6 Å². The van der Waals surface area contributed by atoms with Gasteiger partial charge in [-0.3, -0.25) is 14.4 Å². The van der Waals surface area contributed by atoms with Crippen LogP contribution in [0.2, 0.25) is 0 Å². The summed E-state index contributed by atoms with van der Waals surface area (Å²) in [5.74, 6) is -2.26. The molecule has 1 aliphatic carbocycles. The average molecular weight is 476 g/mol. The Bertz CT molecular complexity index is 1420. The highest BCUT2D eigenvalue weighted by atomic mass is 19.4. The van der Waals surface area contributed by atoms with Crippen LogP contribution in [0.15, 0.2) is 39.9 Å². The van der Waals surface area contributed by atoms with Crippen LogP contribution in [0.1, 0.15) is 37.3 Å². The number of hydrogen-bond donors (Lipinski definition) is 1. The highest BCUT2D eigenvalue weighted by Gasteiger charge is 2.44. The van der Waals surface area contributed by atoms with Gasteiger partial charge in [0.05, 0.1) is 17.0 Å². The van der Waals surface area contributed by atoms with E-state index in [1.54, 1.807) is 32.9 Å². The van der Waals surface area contributed by atoms with Gasteiger partial charge in [0.25, 0.3) is 0 Å². The third-order valence-electron chi connectivity index (χ3n) is 6.26. The fraction of sp³-hybridized carbons (Fsp3) is 0.375. The summed E-state index contributed by atoms with van der Waals surface area (Å²) >= 11 is 0. The van der Waals surface area contributed by atoms with E-state index >= 15 is 0 Å². The summed E-state index contributed by atoms with van der Waals surface area (Å²) < 4.78 is 46.4. The Morgan fingerprint density at radius 2 is 1.62 bits per heavy atom. The lowest BCUT2D eigenvalue weighted by molar-refractivity contribution is -0.274. The highest BCUT2D eigenvalue weighted by Crippen LogP contribution is 2.49. The van der Waals surface area contributed by atoms with E-state index in [4.69, 9.17) is 0 Å². The number of halogens is 3. The molecule has 0 amide bonds. The normalized spacial score (nSPS) is 17.7. The van der Waals surface area contributed by atoms with E-state index in [1.807, 2.05) is 0 Å². The molecule has 1 saturated carbocycles. The van der Waals surface area contributed by atoms with Gasteiger partial charge in [-0.1, -0.05) is 6.07 Å². The second-order valence-corrected chi connectivity index (χ2v) is 8.34. The van der Waals surface area contributed by atoms with Crippen LogP contribution < -0.4 is 15.9 Å². The SMILES string of the molecule is CCn1c(=O)c(=O)n(CC)c2cc(-c3cc(C4CC4C(=O)O)ccc3OC(F)(F)F)c(C)cc21. The molecule has 10 heteroatoms. The topological polar surface area (TPSA) is 90.5 Å². The van der Waals surface area contributed by atoms with Crippen LogP contribution in [0.5, 0.6) is 5.75 Å². The number of alkyl halides is 3. The van der Waals surface area contributed by atoms with E-state index < -0.39 is 35.1 Å². The van der Waals surface area contributed by atoms with Crippen molar-refractivity contribution in [3.05, 3.63) is 62.2 Å². The third kappa shape index (κ3) is 4.08. The lowest BCUT2D eigenvalue weighted by Crippen LogP contribution is -2.41. The number of rotatable bonds is 6. The van der Waals surface area contributed by atoms with Gasteiger partial charge in [-0.25, -0.2) is 0 Å². The monoisotopic (exact) mass is 476 g/mol. The molecule has 0 saturated heterocycles. The number of benzene rings is 2. The van der Waals surface area contributed by atoms with Gasteiger partial charge in [-0.2, -0.15) is 0 Å². The van der Waals surface area contributed by atoms with Gasteiger partial charge in [-0.05, 0) is 74.1 Å². The van der Waals surface area contributed by atoms with Crippen molar-refractivity contribution in [1.82, 2.24) is 9.13 Å². The van der Waals surface area contributed by atoms with Crippen molar-refractivity contribution in [2.24, 2.45) is 5.92 Å². The van der Waals surface area contributed by atoms with Gasteiger partial charge in [0, 0.05) is 18.7 Å². The Morgan fingerprint density at radius 3 is 2.12 bits per heavy atom. The summed E-state index contributed by atoms with van der Waals surface area (Å²) in [5, 5.41) is 9.26. The maximum absolute atomic E-state index is 13.2. The molecule has 1 aromatic heterocycles. The summed E-state index contributed by atoms with van der Waals surface area (Å²) in [7, 11) is 0. The number of aliphatic carboxylic acids is 1. The molecule has 1 heterocycles. The molecule has 2 aromatic carbocycles. The molecule has 0 bridgehead atoms. The van der Waals surface area contributed by atoms with E-state index in [0.29, 0.717) is 34.1 Å². The lowest BCUT2D eigenvalue weighted by Gasteiger charge is -2.19. The Balaban J connectivity index is 1.99. The highest BCUT2D eigenvalue weighted by molar-refractivity contribution is 5.86. The van der Waals surface area contributed by atoms with E-state index in [0.717, 1.165) is 0 Å². The van der Waals surface area contributed by atoms with Gasteiger partial charge < -0.3 is 19.0 Å². The molecule has 0 radical (unpaired) electrons. The largest absolute Gasteiger partial charge is 0.573 e. The minimum atomic E-state index is -4.93. The Labute approximate surface area is 192 Å². The standard InChI is InChI=1S/C24H23F3N2O5/c1-4-28-18-8-12(3)14(11-19(18)29(5-2)22(31)21(28)30)16-9-13(15-10-17(15)23(32)33)6-7-20(16)34-24(25,26)27/h6-9,11,15,17H,4-5,10H2,1-3H3,(H,32,33). The minimum absolute atomic E-state index is 0.134. The van der Waals surface area contributed by atoms with Crippen LogP contribution in [0.25, 0.3) is 22.2 Å². The molecule has 180 valence electrons. The fourth-order valence-electron chi connectivity index (χ4n) is 4.52. The maximum atomic E-state index is 13.2. The molecular weight excluding hydrogens is 453 g/mol. The first-order valence-electron chi connectivity index (χ1n) is 10.9. The van der Waals surface area contributed by atoms with Crippen LogP contribution in [0, 0.1) is 12.8 Å². The number of carboxylic acid groups (broad SMARTS) is 1. The van der Waals surface area contributed by atoms with Crippen molar-refractivity contribution in [3.8, 4) is 16.9 Å². The van der Waals surface area contributed by atoms with Crippen molar-refractivity contribution < 1.29 is 27.8 Å². The van der Waals surface area contributed by atoms with Gasteiger partial charge in [0.2, 0.25) is 0 Å². The Kier molecular flexibility index (Phi) is 5.79. The van der Waals surface area contributed by atoms with Crippen molar-refractivity contribution in [3.63, 3.8) is 0 Å². The first kappa shape index (κ1) is 23.6. The molecule has 4 rings (SSSR count). The molecule has 1 fully saturated rings. The maximum Gasteiger partial charge on any atom is 0.573 e. The van der Waals surface area contributed by atoms with Crippen LogP contribution in [-0.2, 0) is 17.9 Å². The van der Waals surface area contributed by atoms with Gasteiger partial charge in [0.15, 0.2) is 0 Å². The Morgan fingerprint density at radius 1 is 1.03 bits per heavy atom. The van der Waals surface area contributed by atoms with Crippen molar-refractivity contribution in [1.29, 1.82) is 0 Å². The molecule has 2 atom stereocenters. The predicted octanol–water partition coefficient (Wildman–Crippen LogP) is 4.27. The van der Waals surface area contributed by atoms with Crippen LogP contribution >= 0.6 is 0 Å². The average Bonchev–Trinajstić information content (AvgIpc) is 3.56. The summed E-state index contributed by atoms with van der Waals surface area (Å²) in [5.41, 5.74) is 1.23. The molecule has 0 aliphatic heterocycles. The first-order chi connectivity index (χ1) is 16.0. The van der Waals surface area contributed by atoms with E-state index in [2.05, 4.69) is 4.74 Å². The molecule has 3 aromatic rings. The summed E-state index contributed by atoms with van der Waals surface area (Å²) in [6.07, 6.45) is -4.53. The van der Waals surface area contributed by atoms with Gasteiger partial charge in [0.1, 0.15) is 5.75 Å². The van der Waals surface area contributed by atoms with Crippen LogP contribution in [0.4, 0.5) is 13.2 Å². The number of carboxylic acids is 1. The van der Waals surface area contributed by atoms with Gasteiger partial charge in [-0.15, -0.1) is 13.2 Å². The van der Waals surface area contributed by atoms with Crippen molar-refractivity contribution >= 4 is 17.0 Å². The molecular formula is C24H23F3N2O5. The number of ether oxygens (including phenoxy) is 1. The number of carbonyl (C=O) groups is 1. The molecule has 2 unspecified atom stereocenters. The molecule has 0 spiro atoms. The summed E-state index contributed by atoms with van der Waals surface area (Å²) in [4.78, 5) is 36.5. The number of fused-ring (bicyclic) bond motifs is 1. The fourth-order valence-corrected chi connectivity index (χ4v) is 4.52. The first-order valence-corrected chi connectivity index (χ1v) is 10.9. The van der Waals surface area contributed by atoms with Gasteiger partial charge >= 0.3 is 23.5 Å². The number of nitrogens with zero attached hydrogens (tertiary/aromatic N) is 2. The quantitative estimate of drug-likeness (QED) is 0.537. The molecule has 34 heavy (non-hydrogen) atoms. The number of aryl methyl sites for hydroxylation is 3. The van der Waals surface area contributed by atoms with Crippen molar-refractivity contribution in [2.45, 2.75) is 52.6 Å². The summed E-state index contributed by atoms with van der Waals surface area (Å²) in [6.45, 7) is 5.58.